The topological polar surface area (TPSA) is 147 Å². The number of amides is 4. The van der Waals surface area contributed by atoms with Crippen LogP contribution < -0.4 is 5.32 Å². The minimum atomic E-state index is -1.06. The van der Waals surface area contributed by atoms with E-state index in [1.54, 1.807) is 18.3 Å². The average Bonchev–Trinajstić information content (AvgIpc) is 3.39. The molecule has 12 nitrogen and oxygen atoms in total. The Labute approximate surface area is 188 Å². The third-order valence-corrected chi connectivity index (χ3v) is 6.57. The number of hydrogen-bond acceptors (Lipinski definition) is 9. The predicted octanol–water partition coefficient (Wildman–Crippen LogP) is -1.18. The lowest BCUT2D eigenvalue weighted by atomic mass is 9.94. The maximum absolute atomic E-state index is 13.3. The molecule has 5 rings (SSSR count). The predicted molar refractivity (Wildman–Crippen MR) is 110 cm³/mol. The molecule has 3 aliphatic rings. The van der Waals surface area contributed by atoms with Crippen molar-refractivity contribution in [3.63, 3.8) is 0 Å². The fraction of sp³-hybridized carbons (Fsp3) is 0.429. The van der Waals surface area contributed by atoms with Crippen LogP contribution in [0.15, 0.2) is 24.4 Å². The summed E-state index contributed by atoms with van der Waals surface area (Å²) >= 11 is 0. The van der Waals surface area contributed by atoms with Crippen molar-refractivity contribution in [3.05, 3.63) is 41.2 Å². The first-order chi connectivity index (χ1) is 15.9. The quantitative estimate of drug-likeness (QED) is 0.545. The lowest BCUT2D eigenvalue weighted by molar-refractivity contribution is -0.136. The maximum atomic E-state index is 13.3. The molecule has 0 spiro atoms. The van der Waals surface area contributed by atoms with Crippen LogP contribution in [0.2, 0.25) is 0 Å². The molecule has 1 aromatic carbocycles. The summed E-state index contributed by atoms with van der Waals surface area (Å²) in [6, 6.07) is 3.70. The third-order valence-electron chi connectivity index (χ3n) is 6.57. The molecule has 12 heteroatoms. The highest BCUT2D eigenvalue weighted by atomic mass is 16.5. The van der Waals surface area contributed by atoms with Crippen LogP contribution in [-0.4, -0.2) is 93.0 Å². The summed E-state index contributed by atoms with van der Waals surface area (Å²) in [5.74, 6) is -2.33. The van der Waals surface area contributed by atoms with Gasteiger partial charge in [0.05, 0.1) is 42.8 Å². The summed E-state index contributed by atoms with van der Waals surface area (Å²) in [5.41, 5.74) is 0.159. The molecule has 2 unspecified atom stereocenters. The molecule has 0 bridgehead atoms. The Kier molecular flexibility index (Phi) is 5.07. The second kappa shape index (κ2) is 7.83. The number of fused-ring (bicyclic) bond motifs is 1. The number of aliphatic hydroxyl groups excluding tert-OH is 1. The van der Waals surface area contributed by atoms with Gasteiger partial charge in [-0.15, -0.1) is 5.10 Å². The minimum Gasteiger partial charge on any atom is -0.394 e. The zero-order valence-corrected chi connectivity index (χ0v) is 17.9. The van der Waals surface area contributed by atoms with E-state index in [1.165, 1.54) is 10.7 Å². The summed E-state index contributed by atoms with van der Waals surface area (Å²) in [4.78, 5) is 53.0. The molecule has 3 aliphatic heterocycles. The van der Waals surface area contributed by atoms with Gasteiger partial charge in [-0.05, 0) is 25.6 Å². The molecule has 2 N–H and O–H groups in total. The number of ether oxygens (including phenoxy) is 1. The number of likely N-dealkylation sites (N-methyl/N-ethyl adjacent to an activating group) is 1. The van der Waals surface area contributed by atoms with Gasteiger partial charge in [0.2, 0.25) is 11.8 Å². The van der Waals surface area contributed by atoms with E-state index in [1.807, 2.05) is 11.9 Å². The largest absolute Gasteiger partial charge is 0.394 e. The number of carbonyl (C=O) groups excluding carboxylic acids is 4. The van der Waals surface area contributed by atoms with Gasteiger partial charge in [0.25, 0.3) is 11.8 Å². The van der Waals surface area contributed by atoms with Gasteiger partial charge in [-0.25, -0.2) is 4.68 Å². The summed E-state index contributed by atoms with van der Waals surface area (Å²) < 4.78 is 6.96. The van der Waals surface area contributed by atoms with Gasteiger partial charge in [-0.3, -0.25) is 34.3 Å². The number of rotatable bonds is 4. The highest BCUT2D eigenvalue weighted by molar-refractivity contribution is 6.24. The van der Waals surface area contributed by atoms with E-state index in [9.17, 15) is 24.3 Å². The molecule has 0 aliphatic carbocycles. The van der Waals surface area contributed by atoms with E-state index in [0.717, 1.165) is 4.90 Å². The van der Waals surface area contributed by atoms with E-state index in [-0.39, 0.29) is 37.2 Å². The highest BCUT2D eigenvalue weighted by Crippen LogP contribution is 2.33. The molecule has 4 amide bonds. The van der Waals surface area contributed by atoms with Gasteiger partial charge in [-0.1, -0.05) is 11.3 Å². The Balaban J connectivity index is 1.52. The van der Waals surface area contributed by atoms with Crippen LogP contribution in [0.3, 0.4) is 0 Å². The molecule has 2 aromatic rings. The van der Waals surface area contributed by atoms with E-state index in [2.05, 4.69) is 15.6 Å². The van der Waals surface area contributed by atoms with Gasteiger partial charge in [0, 0.05) is 13.0 Å². The molecule has 0 saturated carbocycles. The van der Waals surface area contributed by atoms with E-state index in [4.69, 9.17) is 4.74 Å². The molecule has 172 valence electrons. The second-order valence-corrected chi connectivity index (χ2v) is 8.36. The summed E-state index contributed by atoms with van der Waals surface area (Å²) in [5, 5.41) is 20.7. The van der Waals surface area contributed by atoms with Gasteiger partial charge in [0.1, 0.15) is 17.3 Å². The van der Waals surface area contributed by atoms with Crippen molar-refractivity contribution in [2.24, 2.45) is 0 Å². The number of benzene rings is 1. The standard InChI is InChI=1S/C21H22N6O6/c1-25-7-8-33-11-21(25,10-28)15-9-26(24-23-15)13-4-2-3-12-17(13)20(32)27(19(12)31)14-5-6-16(29)22-18(14)30/h2-4,9,14,28H,5-8,10-11H2,1H3,(H,22,29,30). The number of carbonyl (C=O) groups is 4. The van der Waals surface area contributed by atoms with Gasteiger partial charge < -0.3 is 9.84 Å². The average molecular weight is 454 g/mol. The maximum Gasteiger partial charge on any atom is 0.264 e. The number of piperidine rings is 1. The first-order valence-corrected chi connectivity index (χ1v) is 10.5. The number of imide groups is 2. The SMILES string of the molecule is CN1CCOCC1(CO)c1cn(-c2cccc3c2C(=O)N(C2CCC(=O)NC2=O)C3=O)nn1. The minimum absolute atomic E-state index is 0.0436. The summed E-state index contributed by atoms with van der Waals surface area (Å²) in [6.45, 7) is 1.12. The Morgan fingerprint density at radius 1 is 1.24 bits per heavy atom. The van der Waals surface area contributed by atoms with Crippen LogP contribution in [0.4, 0.5) is 0 Å². The van der Waals surface area contributed by atoms with Crippen molar-refractivity contribution in [1.82, 2.24) is 30.1 Å². The lowest BCUT2D eigenvalue weighted by Gasteiger charge is -2.42. The van der Waals surface area contributed by atoms with Crippen LogP contribution in [-0.2, 0) is 19.9 Å². The van der Waals surface area contributed by atoms with Gasteiger partial charge in [0.15, 0.2) is 0 Å². The van der Waals surface area contributed by atoms with Crippen molar-refractivity contribution in [2.45, 2.75) is 24.4 Å². The normalized spacial score (nSPS) is 26.0. The molecule has 2 saturated heterocycles. The van der Waals surface area contributed by atoms with Crippen molar-refractivity contribution in [1.29, 1.82) is 0 Å². The van der Waals surface area contributed by atoms with Crippen molar-refractivity contribution >= 4 is 23.6 Å². The Morgan fingerprint density at radius 2 is 2.06 bits per heavy atom. The molecule has 1 aromatic heterocycles. The lowest BCUT2D eigenvalue weighted by Crippen LogP contribution is -2.55. The molecule has 0 radical (unpaired) electrons. The zero-order valence-electron chi connectivity index (χ0n) is 17.9. The van der Waals surface area contributed by atoms with Crippen molar-refractivity contribution in [2.75, 3.05) is 33.4 Å². The number of hydrogen-bond donors (Lipinski definition) is 2. The molecule has 4 heterocycles. The molecule has 2 fully saturated rings. The van der Waals surface area contributed by atoms with Crippen LogP contribution in [0.5, 0.6) is 0 Å². The van der Waals surface area contributed by atoms with Crippen molar-refractivity contribution < 1.29 is 29.0 Å². The molecular formula is C21H22N6O6. The summed E-state index contributed by atoms with van der Waals surface area (Å²) in [6.07, 6.45) is 1.72. The van der Waals surface area contributed by atoms with Gasteiger partial charge in [-0.2, -0.15) is 0 Å². The van der Waals surface area contributed by atoms with E-state index >= 15 is 0 Å². The fourth-order valence-electron chi connectivity index (χ4n) is 4.57. The van der Waals surface area contributed by atoms with Crippen LogP contribution >= 0.6 is 0 Å². The number of aliphatic hydroxyl groups is 1. The number of nitrogens with one attached hydrogen (secondary N) is 1. The van der Waals surface area contributed by atoms with E-state index < -0.39 is 35.2 Å². The first kappa shape index (κ1) is 21.4. The van der Waals surface area contributed by atoms with Crippen molar-refractivity contribution in [3.8, 4) is 5.69 Å². The zero-order chi connectivity index (χ0) is 23.3. The Hall–Kier alpha value is -3.48. The smallest absolute Gasteiger partial charge is 0.264 e. The number of aromatic nitrogens is 3. The molecule has 2 atom stereocenters. The fourth-order valence-corrected chi connectivity index (χ4v) is 4.57. The van der Waals surface area contributed by atoms with Crippen LogP contribution in [0, 0.1) is 0 Å². The molecular weight excluding hydrogens is 432 g/mol. The van der Waals surface area contributed by atoms with Crippen LogP contribution in [0.25, 0.3) is 5.69 Å². The van der Waals surface area contributed by atoms with Gasteiger partial charge >= 0.3 is 0 Å². The second-order valence-electron chi connectivity index (χ2n) is 8.36. The third kappa shape index (κ3) is 3.17. The summed E-state index contributed by atoms with van der Waals surface area (Å²) in [7, 11) is 1.86. The number of morpholine rings is 1. The Morgan fingerprint density at radius 3 is 2.79 bits per heavy atom. The first-order valence-electron chi connectivity index (χ1n) is 10.5. The van der Waals surface area contributed by atoms with Crippen LogP contribution in [0.1, 0.15) is 39.3 Å². The highest BCUT2D eigenvalue weighted by Gasteiger charge is 2.46. The number of nitrogens with zero attached hydrogens (tertiary/aromatic N) is 5. The Bertz CT molecular complexity index is 1180. The molecule has 33 heavy (non-hydrogen) atoms. The van der Waals surface area contributed by atoms with E-state index in [0.29, 0.717) is 24.5 Å². The monoisotopic (exact) mass is 454 g/mol.